The first kappa shape index (κ1) is 13.2. The molecule has 2 amide bonds. The minimum absolute atomic E-state index is 0.240. The molecule has 17 heavy (non-hydrogen) atoms. The van der Waals surface area contributed by atoms with Gasteiger partial charge in [0.1, 0.15) is 5.69 Å². The molecule has 1 aromatic rings. The largest absolute Gasteiger partial charge is 0.465 e. The van der Waals surface area contributed by atoms with Crippen LogP contribution in [0.1, 0.15) is 16.9 Å². The first-order valence-corrected chi connectivity index (χ1v) is 5.34. The molecule has 0 saturated heterocycles. The second-order valence-corrected chi connectivity index (χ2v) is 3.64. The van der Waals surface area contributed by atoms with Crippen molar-refractivity contribution in [3.05, 3.63) is 29.0 Å². The fourth-order valence-electron chi connectivity index (χ4n) is 1.11. The SMILES string of the molecule is O=C(O)NCCCNC(=O)c1cc(Cl)ccn1. The highest BCUT2D eigenvalue weighted by Crippen LogP contribution is 2.07. The molecule has 3 N–H and O–H groups in total. The minimum atomic E-state index is -1.08. The molecule has 0 fully saturated rings. The average Bonchev–Trinajstić information content (AvgIpc) is 2.28. The quantitative estimate of drug-likeness (QED) is 0.690. The van der Waals surface area contributed by atoms with E-state index in [1.54, 1.807) is 6.07 Å². The van der Waals surface area contributed by atoms with Gasteiger partial charge in [-0.15, -0.1) is 0 Å². The van der Waals surface area contributed by atoms with Crippen molar-refractivity contribution in [1.82, 2.24) is 15.6 Å². The topological polar surface area (TPSA) is 91.3 Å². The van der Waals surface area contributed by atoms with Gasteiger partial charge in [0.05, 0.1) is 0 Å². The van der Waals surface area contributed by atoms with Crippen LogP contribution in [-0.4, -0.2) is 35.2 Å². The predicted octanol–water partition coefficient (Wildman–Crippen LogP) is 1.12. The molecule has 0 aliphatic carbocycles. The van der Waals surface area contributed by atoms with Crippen LogP contribution in [0.4, 0.5) is 4.79 Å². The highest BCUT2D eigenvalue weighted by atomic mass is 35.5. The van der Waals surface area contributed by atoms with Crippen molar-refractivity contribution in [2.45, 2.75) is 6.42 Å². The Morgan fingerprint density at radius 1 is 1.35 bits per heavy atom. The zero-order valence-corrected chi connectivity index (χ0v) is 9.70. The zero-order valence-electron chi connectivity index (χ0n) is 8.94. The Balaban J connectivity index is 2.28. The van der Waals surface area contributed by atoms with Gasteiger partial charge in [0, 0.05) is 24.3 Å². The van der Waals surface area contributed by atoms with E-state index in [1.165, 1.54) is 12.3 Å². The summed E-state index contributed by atoms with van der Waals surface area (Å²) < 4.78 is 0. The number of carbonyl (C=O) groups is 2. The molecule has 0 saturated carbocycles. The molecule has 6 nitrogen and oxygen atoms in total. The number of nitrogens with one attached hydrogen (secondary N) is 2. The number of hydrogen-bond donors (Lipinski definition) is 3. The lowest BCUT2D eigenvalue weighted by Crippen LogP contribution is -2.29. The van der Waals surface area contributed by atoms with Gasteiger partial charge in [-0.1, -0.05) is 11.6 Å². The highest BCUT2D eigenvalue weighted by molar-refractivity contribution is 6.30. The van der Waals surface area contributed by atoms with Gasteiger partial charge in [-0.2, -0.15) is 0 Å². The van der Waals surface area contributed by atoms with E-state index in [0.29, 0.717) is 24.5 Å². The van der Waals surface area contributed by atoms with E-state index < -0.39 is 6.09 Å². The molecule has 0 aliphatic heterocycles. The van der Waals surface area contributed by atoms with E-state index in [1.807, 2.05) is 0 Å². The molecular formula is C10H12ClN3O3. The van der Waals surface area contributed by atoms with Crippen molar-refractivity contribution in [2.24, 2.45) is 0 Å². The lowest BCUT2D eigenvalue weighted by Gasteiger charge is -2.04. The van der Waals surface area contributed by atoms with Gasteiger partial charge in [0.15, 0.2) is 0 Å². The molecule has 1 rings (SSSR count). The molecule has 0 atom stereocenters. The van der Waals surface area contributed by atoms with Crippen LogP contribution in [0.15, 0.2) is 18.3 Å². The normalized spacial score (nSPS) is 9.71. The predicted molar refractivity (Wildman–Crippen MR) is 62.2 cm³/mol. The Labute approximate surface area is 103 Å². The number of aromatic nitrogens is 1. The van der Waals surface area contributed by atoms with E-state index in [4.69, 9.17) is 16.7 Å². The Hall–Kier alpha value is -1.82. The Bertz CT molecular complexity index is 412. The summed E-state index contributed by atoms with van der Waals surface area (Å²) in [5.41, 5.74) is 0.240. The maximum atomic E-state index is 11.5. The number of pyridine rings is 1. The van der Waals surface area contributed by atoms with Crippen LogP contribution in [0.25, 0.3) is 0 Å². The number of hydrogen-bond acceptors (Lipinski definition) is 3. The third kappa shape index (κ3) is 5.17. The second-order valence-electron chi connectivity index (χ2n) is 3.20. The molecule has 0 radical (unpaired) electrons. The number of amides is 2. The Morgan fingerprint density at radius 3 is 2.71 bits per heavy atom. The summed E-state index contributed by atoms with van der Waals surface area (Å²) >= 11 is 5.71. The van der Waals surface area contributed by atoms with E-state index in [2.05, 4.69) is 15.6 Å². The van der Waals surface area contributed by atoms with Crippen LogP contribution in [0.3, 0.4) is 0 Å². The van der Waals surface area contributed by atoms with Gasteiger partial charge < -0.3 is 15.7 Å². The molecule has 0 spiro atoms. The standard InChI is InChI=1S/C10H12ClN3O3/c11-7-2-5-12-8(6-7)9(15)13-3-1-4-14-10(16)17/h2,5-6,14H,1,3-4H2,(H,13,15)(H,16,17). The number of carboxylic acid groups (broad SMARTS) is 1. The van der Waals surface area contributed by atoms with Gasteiger partial charge in [-0.05, 0) is 18.6 Å². The maximum Gasteiger partial charge on any atom is 0.404 e. The summed E-state index contributed by atoms with van der Waals surface area (Å²) in [6.07, 6.45) is 0.884. The van der Waals surface area contributed by atoms with Crippen molar-refractivity contribution in [2.75, 3.05) is 13.1 Å². The minimum Gasteiger partial charge on any atom is -0.465 e. The van der Waals surface area contributed by atoms with Crippen LogP contribution >= 0.6 is 11.6 Å². The van der Waals surface area contributed by atoms with Crippen molar-refractivity contribution >= 4 is 23.6 Å². The smallest absolute Gasteiger partial charge is 0.404 e. The molecular weight excluding hydrogens is 246 g/mol. The van der Waals surface area contributed by atoms with Crippen molar-refractivity contribution < 1.29 is 14.7 Å². The van der Waals surface area contributed by atoms with E-state index in [-0.39, 0.29) is 11.6 Å². The second kappa shape index (κ2) is 6.70. The number of halogens is 1. The Morgan fingerprint density at radius 2 is 2.06 bits per heavy atom. The monoisotopic (exact) mass is 257 g/mol. The summed E-state index contributed by atoms with van der Waals surface area (Å²) in [6.45, 7) is 0.659. The van der Waals surface area contributed by atoms with Gasteiger partial charge >= 0.3 is 6.09 Å². The molecule has 0 unspecified atom stereocenters. The van der Waals surface area contributed by atoms with Gasteiger partial charge in [-0.3, -0.25) is 9.78 Å². The van der Waals surface area contributed by atoms with Gasteiger partial charge in [0.2, 0.25) is 0 Å². The highest BCUT2D eigenvalue weighted by Gasteiger charge is 2.06. The summed E-state index contributed by atoms with van der Waals surface area (Å²) in [6, 6.07) is 3.04. The average molecular weight is 258 g/mol. The maximum absolute atomic E-state index is 11.5. The zero-order chi connectivity index (χ0) is 12.7. The number of carbonyl (C=O) groups excluding carboxylic acids is 1. The third-order valence-electron chi connectivity index (χ3n) is 1.87. The lowest BCUT2D eigenvalue weighted by atomic mass is 10.3. The molecule has 92 valence electrons. The molecule has 0 aromatic carbocycles. The van der Waals surface area contributed by atoms with E-state index in [0.717, 1.165) is 0 Å². The summed E-state index contributed by atoms with van der Waals surface area (Å²) in [7, 11) is 0. The molecule has 1 heterocycles. The van der Waals surface area contributed by atoms with Crippen molar-refractivity contribution in [3.8, 4) is 0 Å². The fourth-order valence-corrected chi connectivity index (χ4v) is 1.26. The number of rotatable bonds is 5. The van der Waals surface area contributed by atoms with E-state index >= 15 is 0 Å². The van der Waals surface area contributed by atoms with Gasteiger partial charge in [-0.25, -0.2) is 4.79 Å². The summed E-state index contributed by atoms with van der Waals surface area (Å²) in [5.74, 6) is -0.331. The van der Waals surface area contributed by atoms with Crippen LogP contribution in [-0.2, 0) is 0 Å². The molecule has 7 heteroatoms. The van der Waals surface area contributed by atoms with Crippen molar-refractivity contribution in [1.29, 1.82) is 0 Å². The fraction of sp³-hybridized carbons (Fsp3) is 0.300. The summed E-state index contributed by atoms with van der Waals surface area (Å²) in [5, 5.41) is 13.6. The van der Waals surface area contributed by atoms with Crippen LogP contribution in [0.5, 0.6) is 0 Å². The van der Waals surface area contributed by atoms with Crippen molar-refractivity contribution in [3.63, 3.8) is 0 Å². The molecule has 0 bridgehead atoms. The summed E-state index contributed by atoms with van der Waals surface area (Å²) in [4.78, 5) is 25.5. The third-order valence-corrected chi connectivity index (χ3v) is 2.11. The number of nitrogens with zero attached hydrogens (tertiary/aromatic N) is 1. The first-order chi connectivity index (χ1) is 8.09. The molecule has 1 aromatic heterocycles. The Kier molecular flexibility index (Phi) is 5.22. The van der Waals surface area contributed by atoms with Crippen LogP contribution in [0, 0.1) is 0 Å². The van der Waals surface area contributed by atoms with Gasteiger partial charge in [0.25, 0.3) is 5.91 Å². The van der Waals surface area contributed by atoms with Crippen LogP contribution < -0.4 is 10.6 Å². The molecule has 0 aliphatic rings. The van der Waals surface area contributed by atoms with E-state index in [9.17, 15) is 9.59 Å². The first-order valence-electron chi connectivity index (χ1n) is 4.96. The lowest BCUT2D eigenvalue weighted by molar-refractivity contribution is 0.0948. The van der Waals surface area contributed by atoms with Crippen LogP contribution in [0.2, 0.25) is 5.02 Å².